The van der Waals surface area contributed by atoms with E-state index < -0.39 is 53.0 Å². The van der Waals surface area contributed by atoms with Gasteiger partial charge in [-0.2, -0.15) is 0 Å². The smallest absolute Gasteiger partial charge is 0.408 e. The predicted molar refractivity (Wildman–Crippen MR) is 111 cm³/mol. The lowest BCUT2D eigenvalue weighted by Gasteiger charge is -2.21. The molecule has 12 heteroatoms. The van der Waals surface area contributed by atoms with E-state index >= 15 is 0 Å². The van der Waals surface area contributed by atoms with E-state index in [0.717, 1.165) is 0 Å². The number of hydrogen-bond acceptors (Lipinski definition) is 7. The van der Waals surface area contributed by atoms with Gasteiger partial charge < -0.3 is 26.0 Å². The van der Waals surface area contributed by atoms with Gasteiger partial charge in [0.15, 0.2) is 0 Å². The van der Waals surface area contributed by atoms with Gasteiger partial charge >= 0.3 is 6.09 Å². The Morgan fingerprint density at radius 1 is 1.00 bits per heavy atom. The molecule has 0 aliphatic carbocycles. The normalized spacial score (nSPS) is 12.7. The van der Waals surface area contributed by atoms with E-state index in [1.165, 1.54) is 38.1 Å². The Labute approximate surface area is 179 Å². The third-order valence-corrected chi connectivity index (χ3v) is 3.67. The second-order valence-electron chi connectivity index (χ2n) is 7.67. The van der Waals surface area contributed by atoms with Crippen molar-refractivity contribution in [3.63, 3.8) is 0 Å². The summed E-state index contributed by atoms with van der Waals surface area (Å²) in [5.74, 6) is -1.78. The fourth-order valence-corrected chi connectivity index (χ4v) is 2.15. The summed E-state index contributed by atoms with van der Waals surface area (Å²) in [5, 5.41) is 20.2. The molecule has 1 aromatic rings. The van der Waals surface area contributed by atoms with Gasteiger partial charge in [0.2, 0.25) is 17.7 Å². The number of nitro benzene ring substituents is 1. The number of amides is 4. The molecule has 4 N–H and O–H groups in total. The Hall–Kier alpha value is -3.70. The average molecular weight is 437 g/mol. The second kappa shape index (κ2) is 10.9. The Balaban J connectivity index is 2.43. The van der Waals surface area contributed by atoms with Gasteiger partial charge in [-0.25, -0.2) is 4.79 Å². The molecule has 0 saturated carbocycles. The minimum absolute atomic E-state index is 0.120. The lowest BCUT2D eigenvalue weighted by atomic mass is 10.2. The largest absolute Gasteiger partial charge is 0.444 e. The Morgan fingerprint density at radius 2 is 1.55 bits per heavy atom. The van der Waals surface area contributed by atoms with Gasteiger partial charge in [-0.05, 0) is 46.8 Å². The lowest BCUT2D eigenvalue weighted by molar-refractivity contribution is -0.384. The highest BCUT2D eigenvalue weighted by Gasteiger charge is 2.22. The number of alkyl carbamates (subject to hydrolysis) is 1. The van der Waals surface area contributed by atoms with Crippen LogP contribution in [0, 0.1) is 10.1 Å². The summed E-state index contributed by atoms with van der Waals surface area (Å²) < 4.78 is 5.04. The third-order valence-electron chi connectivity index (χ3n) is 3.67. The molecule has 0 heterocycles. The molecule has 1 aromatic carbocycles. The number of anilines is 1. The van der Waals surface area contributed by atoms with Gasteiger partial charge in [-0.1, -0.05) is 0 Å². The summed E-state index contributed by atoms with van der Waals surface area (Å²) in [4.78, 5) is 57.8. The molecule has 4 amide bonds. The second-order valence-corrected chi connectivity index (χ2v) is 7.67. The van der Waals surface area contributed by atoms with Crippen LogP contribution in [0.15, 0.2) is 24.3 Å². The van der Waals surface area contributed by atoms with Gasteiger partial charge in [0, 0.05) is 17.8 Å². The maximum atomic E-state index is 12.1. The molecule has 0 saturated heterocycles. The quantitative estimate of drug-likeness (QED) is 0.348. The molecule has 0 bridgehead atoms. The van der Waals surface area contributed by atoms with E-state index in [-0.39, 0.29) is 5.69 Å². The number of hydrogen-bond donors (Lipinski definition) is 4. The van der Waals surface area contributed by atoms with Crippen molar-refractivity contribution in [2.24, 2.45) is 0 Å². The molecule has 170 valence electrons. The Morgan fingerprint density at radius 3 is 2.06 bits per heavy atom. The molecule has 0 aliphatic rings. The number of carbonyl (C=O) groups is 4. The molecular weight excluding hydrogens is 410 g/mol. The van der Waals surface area contributed by atoms with Crippen LogP contribution in [0.1, 0.15) is 34.6 Å². The highest BCUT2D eigenvalue weighted by atomic mass is 16.6. The number of benzene rings is 1. The topological polar surface area (TPSA) is 169 Å². The van der Waals surface area contributed by atoms with Crippen molar-refractivity contribution in [1.82, 2.24) is 16.0 Å². The summed E-state index contributed by atoms with van der Waals surface area (Å²) in [5.41, 5.74) is -0.511. The van der Waals surface area contributed by atoms with Crippen molar-refractivity contribution < 1.29 is 28.8 Å². The first-order valence-corrected chi connectivity index (χ1v) is 9.40. The number of ether oxygens (including phenoxy) is 1. The summed E-state index contributed by atoms with van der Waals surface area (Å²) in [6.45, 7) is 7.50. The van der Waals surface area contributed by atoms with Gasteiger partial charge in [0.25, 0.3) is 5.69 Å². The minimum atomic E-state index is -0.939. The number of non-ortho nitro benzene ring substituents is 1. The number of nitrogens with one attached hydrogen (secondary N) is 4. The van der Waals surface area contributed by atoms with Crippen LogP contribution in [0.3, 0.4) is 0 Å². The van der Waals surface area contributed by atoms with Crippen molar-refractivity contribution in [3.05, 3.63) is 34.4 Å². The van der Waals surface area contributed by atoms with Crippen molar-refractivity contribution >= 4 is 35.2 Å². The van der Waals surface area contributed by atoms with Crippen LogP contribution < -0.4 is 21.3 Å². The SMILES string of the molecule is C[C@H](NC(=O)CNC(=O)[C@@H](C)NC(=O)OC(C)(C)C)C(=O)Nc1ccc([N+](=O)[O-])cc1. The summed E-state index contributed by atoms with van der Waals surface area (Å²) in [7, 11) is 0. The van der Waals surface area contributed by atoms with E-state index in [4.69, 9.17) is 4.74 Å². The highest BCUT2D eigenvalue weighted by Crippen LogP contribution is 2.15. The van der Waals surface area contributed by atoms with Crippen LogP contribution in [-0.2, 0) is 19.1 Å². The zero-order chi connectivity index (χ0) is 23.8. The number of nitro groups is 1. The van der Waals surface area contributed by atoms with E-state index in [1.54, 1.807) is 20.8 Å². The molecule has 31 heavy (non-hydrogen) atoms. The summed E-state index contributed by atoms with van der Waals surface area (Å²) in [6.07, 6.45) is -0.767. The van der Waals surface area contributed by atoms with Crippen LogP contribution in [-0.4, -0.2) is 53.0 Å². The monoisotopic (exact) mass is 437 g/mol. The molecule has 0 unspecified atom stereocenters. The number of rotatable bonds is 8. The van der Waals surface area contributed by atoms with Crippen molar-refractivity contribution in [2.45, 2.75) is 52.3 Å². The molecule has 12 nitrogen and oxygen atoms in total. The minimum Gasteiger partial charge on any atom is -0.444 e. The Kier molecular flexibility index (Phi) is 8.91. The number of carbonyl (C=O) groups excluding carboxylic acids is 4. The van der Waals surface area contributed by atoms with Gasteiger partial charge in [0.05, 0.1) is 11.5 Å². The van der Waals surface area contributed by atoms with Crippen LogP contribution in [0.5, 0.6) is 0 Å². The summed E-state index contributed by atoms with van der Waals surface area (Å²) >= 11 is 0. The van der Waals surface area contributed by atoms with Gasteiger partial charge in [0.1, 0.15) is 17.7 Å². The lowest BCUT2D eigenvalue weighted by Crippen LogP contribution is -2.50. The fraction of sp³-hybridized carbons (Fsp3) is 0.474. The maximum Gasteiger partial charge on any atom is 0.408 e. The fourth-order valence-electron chi connectivity index (χ4n) is 2.15. The van der Waals surface area contributed by atoms with E-state index in [2.05, 4.69) is 21.3 Å². The van der Waals surface area contributed by atoms with Crippen molar-refractivity contribution in [3.8, 4) is 0 Å². The predicted octanol–water partition coefficient (Wildman–Crippen LogP) is 1.07. The molecular formula is C19H27N5O7. The van der Waals surface area contributed by atoms with E-state index in [0.29, 0.717) is 5.69 Å². The molecule has 0 radical (unpaired) electrons. The maximum absolute atomic E-state index is 12.1. The third kappa shape index (κ3) is 9.56. The first-order valence-electron chi connectivity index (χ1n) is 9.40. The highest BCUT2D eigenvalue weighted by molar-refractivity contribution is 5.97. The first-order chi connectivity index (χ1) is 14.3. The van der Waals surface area contributed by atoms with Crippen molar-refractivity contribution in [1.29, 1.82) is 0 Å². The Bertz CT molecular complexity index is 833. The molecule has 0 aromatic heterocycles. The van der Waals surface area contributed by atoms with E-state index in [9.17, 15) is 29.3 Å². The zero-order valence-corrected chi connectivity index (χ0v) is 18.0. The zero-order valence-electron chi connectivity index (χ0n) is 18.0. The van der Waals surface area contributed by atoms with Crippen LogP contribution in [0.25, 0.3) is 0 Å². The first kappa shape index (κ1) is 25.3. The molecule has 0 aliphatic heterocycles. The molecule has 2 atom stereocenters. The molecule has 0 spiro atoms. The van der Waals surface area contributed by atoms with Crippen LogP contribution in [0.2, 0.25) is 0 Å². The average Bonchev–Trinajstić information content (AvgIpc) is 2.64. The molecule has 1 rings (SSSR count). The molecule has 0 fully saturated rings. The van der Waals surface area contributed by atoms with E-state index in [1.807, 2.05) is 0 Å². The van der Waals surface area contributed by atoms with Crippen LogP contribution in [0.4, 0.5) is 16.2 Å². The summed E-state index contributed by atoms with van der Waals surface area (Å²) in [6, 6.07) is 3.33. The van der Waals surface area contributed by atoms with Gasteiger partial charge in [-0.15, -0.1) is 0 Å². The number of nitrogens with zero attached hydrogens (tertiary/aromatic N) is 1. The van der Waals surface area contributed by atoms with Crippen molar-refractivity contribution in [2.75, 3.05) is 11.9 Å². The van der Waals surface area contributed by atoms with Gasteiger partial charge in [-0.3, -0.25) is 24.5 Å². The standard InChI is InChI=1S/C19H27N5O7/c1-11(22-18(28)31-19(3,4)5)16(26)20-10-15(25)21-12(2)17(27)23-13-6-8-14(9-7-13)24(29)30/h6-9,11-12H,10H2,1-5H3,(H,20,26)(H,21,25)(H,22,28)(H,23,27)/t11-,12+/m1/s1. The van der Waals surface area contributed by atoms with Crippen LogP contribution >= 0.6 is 0 Å².